The van der Waals surface area contributed by atoms with Crippen molar-refractivity contribution in [1.82, 2.24) is 9.78 Å². The first-order valence-electron chi connectivity index (χ1n) is 5.44. The number of hydrogen-bond acceptors (Lipinski definition) is 3. The number of anilines is 1. The molecule has 2 aromatic heterocycles. The fourth-order valence-electron chi connectivity index (χ4n) is 2.06. The average molecular weight is 227 g/mol. The SMILES string of the molecule is Cc1cc2cccc(-c3cnn(C)c3N)c2o1. The van der Waals surface area contributed by atoms with Crippen molar-refractivity contribution in [3.63, 3.8) is 0 Å². The summed E-state index contributed by atoms with van der Waals surface area (Å²) >= 11 is 0. The molecule has 4 nitrogen and oxygen atoms in total. The van der Waals surface area contributed by atoms with Crippen LogP contribution in [0.2, 0.25) is 0 Å². The zero-order chi connectivity index (χ0) is 12.0. The molecule has 0 fully saturated rings. The van der Waals surface area contributed by atoms with Crippen LogP contribution < -0.4 is 5.73 Å². The summed E-state index contributed by atoms with van der Waals surface area (Å²) in [5.74, 6) is 1.54. The van der Waals surface area contributed by atoms with Gasteiger partial charge >= 0.3 is 0 Å². The molecule has 86 valence electrons. The third-order valence-corrected chi connectivity index (χ3v) is 2.94. The first-order chi connectivity index (χ1) is 8.16. The molecular formula is C13H13N3O. The van der Waals surface area contributed by atoms with Gasteiger partial charge in [-0.15, -0.1) is 0 Å². The smallest absolute Gasteiger partial charge is 0.142 e. The predicted octanol–water partition coefficient (Wildman–Crippen LogP) is 2.72. The molecule has 0 bridgehead atoms. The maximum atomic E-state index is 5.99. The number of rotatable bonds is 1. The Morgan fingerprint density at radius 2 is 2.12 bits per heavy atom. The molecule has 0 aliphatic heterocycles. The van der Waals surface area contributed by atoms with Gasteiger partial charge in [-0.1, -0.05) is 18.2 Å². The molecular weight excluding hydrogens is 214 g/mol. The van der Waals surface area contributed by atoms with E-state index in [9.17, 15) is 0 Å². The van der Waals surface area contributed by atoms with E-state index >= 15 is 0 Å². The fraction of sp³-hybridized carbons (Fsp3) is 0.154. The maximum Gasteiger partial charge on any atom is 0.142 e. The van der Waals surface area contributed by atoms with Gasteiger partial charge in [0.15, 0.2) is 0 Å². The summed E-state index contributed by atoms with van der Waals surface area (Å²) in [6, 6.07) is 8.05. The summed E-state index contributed by atoms with van der Waals surface area (Å²) < 4.78 is 7.38. The highest BCUT2D eigenvalue weighted by atomic mass is 16.3. The third-order valence-electron chi connectivity index (χ3n) is 2.94. The van der Waals surface area contributed by atoms with Crippen LogP contribution in [0.25, 0.3) is 22.1 Å². The van der Waals surface area contributed by atoms with E-state index in [1.54, 1.807) is 10.9 Å². The molecule has 2 heterocycles. The van der Waals surface area contributed by atoms with Gasteiger partial charge in [-0.25, -0.2) is 0 Å². The molecule has 0 unspecified atom stereocenters. The standard InChI is InChI=1S/C13H13N3O/c1-8-6-9-4-3-5-10(12(9)17-8)11-7-15-16(2)13(11)14/h3-7H,14H2,1-2H3. The second kappa shape index (κ2) is 3.38. The summed E-state index contributed by atoms with van der Waals surface area (Å²) in [7, 11) is 1.83. The number of fused-ring (bicyclic) bond motifs is 1. The van der Waals surface area contributed by atoms with Gasteiger partial charge in [0.2, 0.25) is 0 Å². The van der Waals surface area contributed by atoms with Gasteiger partial charge < -0.3 is 10.2 Å². The molecule has 3 rings (SSSR count). The average Bonchev–Trinajstić information content (AvgIpc) is 2.82. The molecule has 0 spiro atoms. The quantitative estimate of drug-likeness (QED) is 0.695. The van der Waals surface area contributed by atoms with Gasteiger partial charge in [0, 0.05) is 23.6 Å². The lowest BCUT2D eigenvalue weighted by Crippen LogP contribution is -1.98. The van der Waals surface area contributed by atoms with Crippen molar-refractivity contribution >= 4 is 16.8 Å². The highest BCUT2D eigenvalue weighted by molar-refractivity contribution is 5.95. The first-order valence-corrected chi connectivity index (χ1v) is 5.44. The van der Waals surface area contributed by atoms with E-state index in [0.29, 0.717) is 5.82 Å². The molecule has 0 amide bonds. The van der Waals surface area contributed by atoms with Crippen molar-refractivity contribution in [1.29, 1.82) is 0 Å². The normalized spacial score (nSPS) is 11.2. The van der Waals surface area contributed by atoms with Gasteiger partial charge in [-0.3, -0.25) is 4.68 Å². The number of benzene rings is 1. The molecule has 17 heavy (non-hydrogen) atoms. The fourth-order valence-corrected chi connectivity index (χ4v) is 2.06. The zero-order valence-electron chi connectivity index (χ0n) is 9.77. The lowest BCUT2D eigenvalue weighted by molar-refractivity contribution is 0.579. The highest BCUT2D eigenvalue weighted by Gasteiger charge is 2.13. The van der Waals surface area contributed by atoms with Crippen LogP contribution in [0.3, 0.4) is 0 Å². The number of nitrogens with zero attached hydrogens (tertiary/aromatic N) is 2. The molecule has 0 aliphatic rings. The van der Waals surface area contributed by atoms with Crippen molar-refractivity contribution < 1.29 is 4.42 Å². The first kappa shape index (κ1) is 9.96. The third kappa shape index (κ3) is 1.41. The van der Waals surface area contributed by atoms with Crippen LogP contribution in [0, 0.1) is 6.92 Å². The lowest BCUT2D eigenvalue weighted by atomic mass is 10.1. The van der Waals surface area contributed by atoms with Gasteiger partial charge in [-0.05, 0) is 13.0 Å². The summed E-state index contributed by atoms with van der Waals surface area (Å²) in [4.78, 5) is 0. The van der Waals surface area contributed by atoms with Crippen LogP contribution in [0.5, 0.6) is 0 Å². The van der Waals surface area contributed by atoms with E-state index in [1.807, 2.05) is 38.2 Å². The topological polar surface area (TPSA) is 57.0 Å². The van der Waals surface area contributed by atoms with E-state index in [-0.39, 0.29) is 0 Å². The molecule has 0 saturated carbocycles. The van der Waals surface area contributed by atoms with Gasteiger partial charge in [0.1, 0.15) is 17.2 Å². The summed E-state index contributed by atoms with van der Waals surface area (Å²) in [6.45, 7) is 1.94. The number of para-hydroxylation sites is 1. The maximum absolute atomic E-state index is 5.99. The van der Waals surface area contributed by atoms with E-state index in [4.69, 9.17) is 10.2 Å². The molecule has 0 aliphatic carbocycles. The minimum atomic E-state index is 0.645. The number of nitrogens with two attached hydrogens (primary N) is 1. The minimum absolute atomic E-state index is 0.645. The number of hydrogen-bond donors (Lipinski definition) is 1. The van der Waals surface area contributed by atoms with E-state index in [2.05, 4.69) is 5.10 Å². The molecule has 3 aromatic rings. The summed E-state index contributed by atoms with van der Waals surface area (Å²) in [5, 5.41) is 5.24. The minimum Gasteiger partial charge on any atom is -0.461 e. The predicted molar refractivity (Wildman–Crippen MR) is 67.6 cm³/mol. The van der Waals surface area contributed by atoms with Gasteiger partial charge in [0.25, 0.3) is 0 Å². The Hall–Kier alpha value is -2.23. The largest absolute Gasteiger partial charge is 0.461 e. The van der Waals surface area contributed by atoms with Gasteiger partial charge in [-0.2, -0.15) is 5.10 Å². The Bertz CT molecular complexity index is 694. The molecule has 4 heteroatoms. The van der Waals surface area contributed by atoms with Crippen LogP contribution in [0.4, 0.5) is 5.82 Å². The number of furan rings is 1. The van der Waals surface area contributed by atoms with Crippen molar-refractivity contribution in [2.24, 2.45) is 7.05 Å². The molecule has 0 radical (unpaired) electrons. The summed E-state index contributed by atoms with van der Waals surface area (Å²) in [6.07, 6.45) is 1.77. The van der Waals surface area contributed by atoms with Crippen molar-refractivity contribution in [2.45, 2.75) is 6.92 Å². The van der Waals surface area contributed by atoms with E-state index in [1.165, 1.54) is 0 Å². The number of aryl methyl sites for hydroxylation is 2. The van der Waals surface area contributed by atoms with E-state index in [0.717, 1.165) is 27.9 Å². The lowest BCUT2D eigenvalue weighted by Gasteiger charge is -2.01. The zero-order valence-corrected chi connectivity index (χ0v) is 9.77. The van der Waals surface area contributed by atoms with Crippen LogP contribution in [-0.2, 0) is 7.05 Å². The molecule has 2 N–H and O–H groups in total. The van der Waals surface area contributed by atoms with Crippen LogP contribution in [-0.4, -0.2) is 9.78 Å². The van der Waals surface area contributed by atoms with Crippen molar-refractivity contribution in [3.05, 3.63) is 36.2 Å². The molecule has 0 saturated heterocycles. The monoisotopic (exact) mass is 227 g/mol. The van der Waals surface area contributed by atoms with Crippen molar-refractivity contribution in [3.8, 4) is 11.1 Å². The highest BCUT2D eigenvalue weighted by Crippen LogP contribution is 2.33. The van der Waals surface area contributed by atoms with Crippen LogP contribution in [0.15, 0.2) is 34.9 Å². The summed E-state index contributed by atoms with van der Waals surface area (Å²) in [5.41, 5.74) is 8.75. The van der Waals surface area contributed by atoms with Crippen molar-refractivity contribution in [2.75, 3.05) is 5.73 Å². The molecule has 0 atom stereocenters. The Kier molecular flexibility index (Phi) is 1.98. The van der Waals surface area contributed by atoms with Crippen LogP contribution >= 0.6 is 0 Å². The second-order valence-electron chi connectivity index (χ2n) is 4.15. The Balaban J connectivity index is 2.33. The number of nitrogen functional groups attached to an aromatic ring is 1. The Morgan fingerprint density at radius 3 is 2.82 bits per heavy atom. The molecule has 1 aromatic carbocycles. The number of aromatic nitrogens is 2. The van der Waals surface area contributed by atoms with Gasteiger partial charge in [0.05, 0.1) is 6.20 Å². The second-order valence-corrected chi connectivity index (χ2v) is 4.15. The Labute approximate surface area is 98.6 Å². The van der Waals surface area contributed by atoms with Crippen LogP contribution in [0.1, 0.15) is 5.76 Å². The van der Waals surface area contributed by atoms with E-state index < -0.39 is 0 Å². The Morgan fingerprint density at radius 1 is 1.29 bits per heavy atom.